The Morgan fingerprint density at radius 3 is 2.92 bits per heavy atom. The third-order valence-electron chi connectivity index (χ3n) is 2.66. The van der Waals surface area contributed by atoms with E-state index in [1.807, 2.05) is 7.05 Å². The molecule has 0 radical (unpaired) electrons. The predicted molar refractivity (Wildman–Crippen MR) is 53.9 cm³/mol. The average Bonchev–Trinajstić information content (AvgIpc) is 2.71. The molecule has 0 aliphatic heterocycles. The van der Waals surface area contributed by atoms with Gasteiger partial charge in [0, 0.05) is 12.5 Å². The zero-order valence-electron chi connectivity index (χ0n) is 7.92. The van der Waals surface area contributed by atoms with Gasteiger partial charge in [0.1, 0.15) is 0 Å². The van der Waals surface area contributed by atoms with Crippen LogP contribution in [0.15, 0.2) is 0 Å². The van der Waals surface area contributed by atoms with Crippen LogP contribution in [0.2, 0.25) is 0 Å². The standard InChI is InChI=1S/C9H15N3S/c1-10-6-8-9(11-12-13-8)7-4-2-3-5-7/h7,10H,2-6H2,1H3. The maximum Gasteiger partial charge on any atom is 0.0831 e. The van der Waals surface area contributed by atoms with Crippen LogP contribution in [0.5, 0.6) is 0 Å². The highest BCUT2D eigenvalue weighted by atomic mass is 32.1. The summed E-state index contributed by atoms with van der Waals surface area (Å²) in [5, 5.41) is 7.41. The Morgan fingerprint density at radius 1 is 1.46 bits per heavy atom. The van der Waals surface area contributed by atoms with E-state index in [4.69, 9.17) is 0 Å². The normalized spacial score (nSPS) is 18.2. The van der Waals surface area contributed by atoms with Gasteiger partial charge in [-0.3, -0.25) is 0 Å². The largest absolute Gasteiger partial charge is 0.315 e. The Kier molecular flexibility index (Phi) is 2.90. The maximum atomic E-state index is 4.25. The van der Waals surface area contributed by atoms with Gasteiger partial charge >= 0.3 is 0 Å². The van der Waals surface area contributed by atoms with Gasteiger partial charge in [0.15, 0.2) is 0 Å². The minimum atomic E-state index is 0.696. The maximum absolute atomic E-state index is 4.25. The zero-order chi connectivity index (χ0) is 9.10. The molecule has 3 nitrogen and oxygen atoms in total. The monoisotopic (exact) mass is 197 g/mol. The molecular weight excluding hydrogens is 182 g/mol. The lowest BCUT2D eigenvalue weighted by atomic mass is 10.0. The molecule has 0 amide bonds. The van der Waals surface area contributed by atoms with Crippen LogP contribution in [0.25, 0.3) is 0 Å². The van der Waals surface area contributed by atoms with Gasteiger partial charge < -0.3 is 5.32 Å². The van der Waals surface area contributed by atoms with Gasteiger partial charge in [-0.1, -0.05) is 17.3 Å². The van der Waals surface area contributed by atoms with Gasteiger partial charge in [-0.25, -0.2) is 0 Å². The van der Waals surface area contributed by atoms with Gasteiger partial charge in [0.25, 0.3) is 0 Å². The lowest BCUT2D eigenvalue weighted by Gasteiger charge is -2.06. The van der Waals surface area contributed by atoms with Crippen molar-refractivity contribution in [2.75, 3.05) is 7.05 Å². The number of hydrogen-bond donors (Lipinski definition) is 1. The Balaban J connectivity index is 2.13. The van der Waals surface area contributed by atoms with Crippen LogP contribution in [0.3, 0.4) is 0 Å². The Bertz CT molecular complexity index is 266. The van der Waals surface area contributed by atoms with Crippen LogP contribution in [-0.2, 0) is 6.54 Å². The molecule has 72 valence electrons. The smallest absolute Gasteiger partial charge is 0.0831 e. The van der Waals surface area contributed by atoms with Gasteiger partial charge in [0.05, 0.1) is 10.6 Å². The first-order valence-electron chi connectivity index (χ1n) is 4.87. The van der Waals surface area contributed by atoms with Crippen molar-refractivity contribution < 1.29 is 0 Å². The molecule has 0 bridgehead atoms. The summed E-state index contributed by atoms with van der Waals surface area (Å²) < 4.78 is 4.04. The highest BCUT2D eigenvalue weighted by molar-refractivity contribution is 7.05. The minimum absolute atomic E-state index is 0.696. The molecule has 0 aromatic carbocycles. The molecule has 1 aliphatic carbocycles. The first kappa shape index (κ1) is 9.09. The summed E-state index contributed by atoms with van der Waals surface area (Å²) in [5.41, 5.74) is 1.26. The summed E-state index contributed by atoms with van der Waals surface area (Å²) in [6.07, 6.45) is 5.34. The molecule has 1 aromatic rings. The summed E-state index contributed by atoms with van der Waals surface area (Å²) in [5.74, 6) is 0.696. The first-order chi connectivity index (χ1) is 6.42. The third-order valence-corrected chi connectivity index (χ3v) is 3.40. The van der Waals surface area contributed by atoms with E-state index in [-0.39, 0.29) is 0 Å². The van der Waals surface area contributed by atoms with E-state index in [9.17, 15) is 0 Å². The number of aromatic nitrogens is 2. The second-order valence-electron chi connectivity index (χ2n) is 3.59. The molecule has 1 saturated carbocycles. The summed E-state index contributed by atoms with van der Waals surface area (Å²) in [4.78, 5) is 1.33. The van der Waals surface area contributed by atoms with Crippen LogP contribution in [0.4, 0.5) is 0 Å². The molecule has 0 spiro atoms. The average molecular weight is 197 g/mol. The minimum Gasteiger partial charge on any atom is -0.315 e. The van der Waals surface area contributed by atoms with Crippen molar-refractivity contribution in [2.45, 2.75) is 38.1 Å². The van der Waals surface area contributed by atoms with E-state index in [2.05, 4.69) is 14.9 Å². The molecule has 13 heavy (non-hydrogen) atoms. The molecule has 1 heterocycles. The highest BCUT2D eigenvalue weighted by Gasteiger charge is 2.22. The second kappa shape index (κ2) is 4.15. The summed E-state index contributed by atoms with van der Waals surface area (Å²) in [7, 11) is 1.97. The zero-order valence-corrected chi connectivity index (χ0v) is 8.73. The third kappa shape index (κ3) is 1.89. The van der Waals surface area contributed by atoms with Crippen molar-refractivity contribution in [3.8, 4) is 0 Å². The summed E-state index contributed by atoms with van der Waals surface area (Å²) >= 11 is 1.54. The number of hydrogen-bond acceptors (Lipinski definition) is 4. The summed E-state index contributed by atoms with van der Waals surface area (Å²) in [6, 6.07) is 0. The van der Waals surface area contributed by atoms with Crippen molar-refractivity contribution in [2.24, 2.45) is 0 Å². The van der Waals surface area contributed by atoms with Crippen LogP contribution in [0.1, 0.15) is 42.2 Å². The van der Waals surface area contributed by atoms with E-state index >= 15 is 0 Å². The van der Waals surface area contributed by atoms with Crippen LogP contribution < -0.4 is 5.32 Å². The van der Waals surface area contributed by atoms with Gasteiger partial charge in [-0.2, -0.15) is 0 Å². The summed E-state index contributed by atoms with van der Waals surface area (Å²) in [6.45, 7) is 0.920. The molecule has 0 saturated heterocycles. The Morgan fingerprint density at radius 2 is 2.23 bits per heavy atom. The Hall–Kier alpha value is -0.480. The second-order valence-corrected chi connectivity index (χ2v) is 4.43. The molecule has 0 unspecified atom stereocenters. The SMILES string of the molecule is CNCc1snnc1C1CCCC1. The van der Waals surface area contributed by atoms with Crippen LogP contribution in [0, 0.1) is 0 Å². The lowest BCUT2D eigenvalue weighted by molar-refractivity contribution is 0.676. The van der Waals surface area contributed by atoms with Crippen molar-refractivity contribution in [1.82, 2.24) is 14.9 Å². The molecule has 1 fully saturated rings. The molecule has 1 aliphatic rings. The lowest BCUT2D eigenvalue weighted by Crippen LogP contribution is -2.07. The number of nitrogens with zero attached hydrogens (tertiary/aromatic N) is 2. The molecule has 1 N–H and O–H groups in total. The molecule has 2 rings (SSSR count). The quantitative estimate of drug-likeness (QED) is 0.804. The van der Waals surface area contributed by atoms with Gasteiger partial charge in [-0.15, -0.1) is 5.10 Å². The van der Waals surface area contributed by atoms with E-state index in [0.717, 1.165) is 6.54 Å². The van der Waals surface area contributed by atoms with E-state index in [0.29, 0.717) is 5.92 Å². The van der Waals surface area contributed by atoms with E-state index in [1.54, 1.807) is 0 Å². The van der Waals surface area contributed by atoms with Crippen molar-refractivity contribution in [3.63, 3.8) is 0 Å². The van der Waals surface area contributed by atoms with Crippen LogP contribution in [-0.4, -0.2) is 16.6 Å². The van der Waals surface area contributed by atoms with E-state index < -0.39 is 0 Å². The molecule has 4 heteroatoms. The van der Waals surface area contributed by atoms with Crippen molar-refractivity contribution in [1.29, 1.82) is 0 Å². The predicted octanol–water partition coefficient (Wildman–Crippen LogP) is 1.92. The fraction of sp³-hybridized carbons (Fsp3) is 0.778. The number of nitrogens with one attached hydrogen (secondary N) is 1. The molecular formula is C9H15N3S. The van der Waals surface area contributed by atoms with Crippen molar-refractivity contribution >= 4 is 11.5 Å². The Labute approximate surface area is 82.7 Å². The highest BCUT2D eigenvalue weighted by Crippen LogP contribution is 2.35. The van der Waals surface area contributed by atoms with Gasteiger partial charge in [0.2, 0.25) is 0 Å². The van der Waals surface area contributed by atoms with E-state index in [1.165, 1.54) is 47.8 Å². The van der Waals surface area contributed by atoms with Crippen LogP contribution >= 0.6 is 11.5 Å². The first-order valence-corrected chi connectivity index (χ1v) is 5.65. The number of rotatable bonds is 3. The topological polar surface area (TPSA) is 37.8 Å². The molecule has 0 atom stereocenters. The van der Waals surface area contributed by atoms with Gasteiger partial charge in [-0.05, 0) is 31.4 Å². The fourth-order valence-electron chi connectivity index (χ4n) is 2.01. The fourth-order valence-corrected chi connectivity index (χ4v) is 2.75. The van der Waals surface area contributed by atoms with Crippen molar-refractivity contribution in [3.05, 3.63) is 10.6 Å². The molecule has 1 aromatic heterocycles.